The Labute approximate surface area is 187 Å². The Kier molecular flexibility index (Phi) is 4.50. The third-order valence-corrected chi connectivity index (χ3v) is 6.64. The van der Waals surface area contributed by atoms with Crippen molar-refractivity contribution in [2.24, 2.45) is 0 Å². The van der Waals surface area contributed by atoms with E-state index in [0.717, 1.165) is 35.0 Å². The number of hydrogen-bond acceptors (Lipinski definition) is 3. The van der Waals surface area contributed by atoms with Crippen molar-refractivity contribution in [2.75, 3.05) is 9.80 Å². The number of hydrogen-bond donors (Lipinski definition) is 0. The quantitative estimate of drug-likeness (QED) is 0.463. The van der Waals surface area contributed by atoms with Crippen molar-refractivity contribution in [1.82, 2.24) is 0 Å². The minimum absolute atomic E-state index is 0.0147. The molecular weight excluding hydrogens is 435 g/mol. The maximum atomic E-state index is 13.5. The summed E-state index contributed by atoms with van der Waals surface area (Å²) in [7, 11) is 0. The fourth-order valence-electron chi connectivity index (χ4n) is 4.53. The predicted molar refractivity (Wildman–Crippen MR) is 119 cm³/mol. The zero-order valence-electron chi connectivity index (χ0n) is 16.7. The van der Waals surface area contributed by atoms with Gasteiger partial charge in [0, 0.05) is 5.69 Å². The molecule has 3 aromatic carbocycles. The molecule has 1 aliphatic heterocycles. The van der Waals surface area contributed by atoms with Crippen LogP contribution < -0.4 is 9.80 Å². The Morgan fingerprint density at radius 1 is 0.969 bits per heavy atom. The Balaban J connectivity index is 1.63. The van der Waals surface area contributed by atoms with Crippen molar-refractivity contribution in [1.29, 1.82) is 5.26 Å². The van der Waals surface area contributed by atoms with E-state index in [-0.39, 0.29) is 16.7 Å². The molecule has 0 atom stereocenters. The van der Waals surface area contributed by atoms with Gasteiger partial charge in [-0.25, -0.2) is 0 Å². The molecule has 0 bridgehead atoms. The van der Waals surface area contributed by atoms with Gasteiger partial charge in [0.15, 0.2) is 5.11 Å². The second-order valence-electron chi connectivity index (χ2n) is 8.01. The highest BCUT2D eigenvalue weighted by Crippen LogP contribution is 2.48. The van der Waals surface area contributed by atoms with Crippen LogP contribution in [0.15, 0.2) is 60.7 Å². The normalized spacial score (nSPS) is 17.7. The number of nitrogens with zero attached hydrogens (tertiary/aromatic N) is 3. The topological polar surface area (TPSA) is 47.3 Å². The van der Waals surface area contributed by atoms with E-state index >= 15 is 0 Å². The third kappa shape index (κ3) is 2.88. The van der Waals surface area contributed by atoms with Gasteiger partial charge >= 0.3 is 6.18 Å². The summed E-state index contributed by atoms with van der Waals surface area (Å²) in [4.78, 5) is 16.5. The summed E-state index contributed by atoms with van der Waals surface area (Å²) in [6.07, 6.45) is -2.76. The van der Waals surface area contributed by atoms with E-state index in [0.29, 0.717) is 12.8 Å². The largest absolute Gasteiger partial charge is 0.417 e. The SMILES string of the molecule is N#Cc1ccc(N2C(=O)C3(CCC3)N(c3ccc4ccccc4c3)C2=S)cc1C(F)(F)F. The van der Waals surface area contributed by atoms with E-state index in [1.54, 1.807) is 11.0 Å². The molecule has 1 amide bonds. The van der Waals surface area contributed by atoms with Crippen molar-refractivity contribution in [3.8, 4) is 6.07 Å². The van der Waals surface area contributed by atoms with Crippen LogP contribution in [0.5, 0.6) is 0 Å². The standard InChI is InChI=1S/C24H16F3N3OS/c25-24(26,27)20-13-18(8-7-17(20)14-28)29-21(31)23(10-3-11-23)30(22(29)32)19-9-6-15-4-1-2-5-16(15)12-19/h1-2,4-9,12-13H,3,10-11H2. The number of rotatable bonds is 2. The predicted octanol–water partition coefficient (Wildman–Crippen LogP) is 5.79. The van der Waals surface area contributed by atoms with Gasteiger partial charge < -0.3 is 4.90 Å². The van der Waals surface area contributed by atoms with Crippen LogP contribution in [0, 0.1) is 11.3 Å². The molecule has 1 heterocycles. The Morgan fingerprint density at radius 3 is 2.28 bits per heavy atom. The van der Waals surface area contributed by atoms with Crippen molar-refractivity contribution >= 4 is 45.4 Å². The van der Waals surface area contributed by atoms with E-state index in [1.807, 2.05) is 42.5 Å². The van der Waals surface area contributed by atoms with Crippen LogP contribution in [-0.4, -0.2) is 16.6 Å². The first-order valence-corrected chi connectivity index (χ1v) is 10.5. The van der Waals surface area contributed by atoms with Crippen LogP contribution in [0.1, 0.15) is 30.4 Å². The van der Waals surface area contributed by atoms with Crippen LogP contribution in [-0.2, 0) is 11.0 Å². The van der Waals surface area contributed by atoms with Crippen LogP contribution in [0.25, 0.3) is 10.8 Å². The number of thiocarbonyl (C=S) groups is 1. The molecule has 3 aromatic rings. The average Bonchev–Trinajstić information content (AvgIpc) is 2.99. The van der Waals surface area contributed by atoms with E-state index in [9.17, 15) is 18.0 Å². The lowest BCUT2D eigenvalue weighted by atomic mass is 9.75. The lowest BCUT2D eigenvalue weighted by molar-refractivity contribution is -0.137. The number of carbonyl (C=O) groups excluding carboxylic acids is 1. The zero-order valence-corrected chi connectivity index (χ0v) is 17.5. The van der Waals surface area contributed by atoms with Crippen molar-refractivity contribution < 1.29 is 18.0 Å². The van der Waals surface area contributed by atoms with Gasteiger partial charge in [0.05, 0.1) is 22.9 Å². The van der Waals surface area contributed by atoms with Crippen LogP contribution in [0.4, 0.5) is 24.5 Å². The third-order valence-electron chi connectivity index (χ3n) is 6.27. The second-order valence-corrected chi connectivity index (χ2v) is 8.38. The molecule has 32 heavy (non-hydrogen) atoms. The first-order valence-electron chi connectivity index (χ1n) is 10.1. The first-order chi connectivity index (χ1) is 15.3. The summed E-state index contributed by atoms with van der Waals surface area (Å²) >= 11 is 5.66. The molecule has 0 aromatic heterocycles. The molecule has 8 heteroatoms. The Hall–Kier alpha value is -3.44. The van der Waals surface area contributed by atoms with Gasteiger partial charge in [0.1, 0.15) is 5.54 Å². The monoisotopic (exact) mass is 451 g/mol. The molecule has 0 unspecified atom stereocenters. The highest BCUT2D eigenvalue weighted by molar-refractivity contribution is 7.81. The van der Waals surface area contributed by atoms with Gasteiger partial charge in [-0.05, 0) is 72.6 Å². The molecule has 160 valence electrons. The van der Waals surface area contributed by atoms with Crippen LogP contribution in [0.3, 0.4) is 0 Å². The molecule has 0 N–H and O–H groups in total. The summed E-state index contributed by atoms with van der Waals surface area (Å²) in [6, 6.07) is 18.4. The van der Waals surface area contributed by atoms with E-state index in [4.69, 9.17) is 17.5 Å². The number of halogens is 3. The minimum Gasteiger partial charge on any atom is -0.303 e. The minimum atomic E-state index is -4.72. The number of benzene rings is 3. The summed E-state index contributed by atoms with van der Waals surface area (Å²) < 4.78 is 40.6. The molecule has 1 spiro atoms. The van der Waals surface area contributed by atoms with E-state index < -0.39 is 22.8 Å². The summed E-state index contributed by atoms with van der Waals surface area (Å²) in [5.74, 6) is -0.334. The molecule has 4 nitrogen and oxygen atoms in total. The molecule has 2 fully saturated rings. The lowest BCUT2D eigenvalue weighted by Gasteiger charge is -2.43. The first kappa shape index (κ1) is 20.5. The van der Waals surface area contributed by atoms with Gasteiger partial charge in [-0.2, -0.15) is 18.4 Å². The average molecular weight is 451 g/mol. The number of carbonyl (C=O) groups is 1. The van der Waals surface area contributed by atoms with Crippen molar-refractivity contribution in [3.63, 3.8) is 0 Å². The fourth-order valence-corrected chi connectivity index (χ4v) is 5.00. The van der Waals surface area contributed by atoms with E-state index in [2.05, 4.69) is 0 Å². The van der Waals surface area contributed by atoms with Gasteiger partial charge in [-0.15, -0.1) is 0 Å². The molecule has 2 aliphatic rings. The molecule has 1 saturated carbocycles. The Bertz CT molecular complexity index is 1320. The highest BCUT2D eigenvalue weighted by atomic mass is 32.1. The fraction of sp³-hybridized carbons (Fsp3) is 0.208. The number of anilines is 2. The smallest absolute Gasteiger partial charge is 0.303 e. The molecule has 5 rings (SSSR count). The molecular formula is C24H16F3N3OS. The zero-order chi connectivity index (χ0) is 22.7. The summed E-state index contributed by atoms with van der Waals surface area (Å²) in [5.41, 5.74) is -1.73. The number of alkyl halides is 3. The summed E-state index contributed by atoms with van der Waals surface area (Å²) in [5, 5.41) is 11.2. The maximum absolute atomic E-state index is 13.5. The van der Waals surface area contributed by atoms with Crippen LogP contribution in [0.2, 0.25) is 0 Å². The number of fused-ring (bicyclic) bond motifs is 1. The molecule has 0 radical (unpaired) electrons. The summed E-state index contributed by atoms with van der Waals surface area (Å²) in [6.45, 7) is 0. The second kappa shape index (κ2) is 7.04. The van der Waals surface area contributed by atoms with Gasteiger partial charge in [-0.3, -0.25) is 9.69 Å². The van der Waals surface area contributed by atoms with Crippen molar-refractivity contribution in [2.45, 2.75) is 31.0 Å². The maximum Gasteiger partial charge on any atom is 0.417 e. The van der Waals surface area contributed by atoms with Gasteiger partial charge in [-0.1, -0.05) is 30.3 Å². The van der Waals surface area contributed by atoms with Gasteiger partial charge in [0.2, 0.25) is 0 Å². The van der Waals surface area contributed by atoms with E-state index in [1.165, 1.54) is 11.0 Å². The number of nitriles is 1. The highest BCUT2D eigenvalue weighted by Gasteiger charge is 2.59. The number of amides is 1. The van der Waals surface area contributed by atoms with Crippen LogP contribution >= 0.6 is 12.2 Å². The van der Waals surface area contributed by atoms with Crippen molar-refractivity contribution in [3.05, 3.63) is 71.8 Å². The Morgan fingerprint density at radius 2 is 1.66 bits per heavy atom. The van der Waals surface area contributed by atoms with Gasteiger partial charge in [0.25, 0.3) is 5.91 Å². The molecule has 1 aliphatic carbocycles. The lowest BCUT2D eigenvalue weighted by Crippen LogP contribution is -2.55. The molecule has 1 saturated heterocycles.